The first kappa shape index (κ1) is 18.2. The van der Waals surface area contributed by atoms with Gasteiger partial charge in [-0.1, -0.05) is 0 Å². The van der Waals surface area contributed by atoms with Gasteiger partial charge in [0.25, 0.3) is 5.56 Å². The Labute approximate surface area is 169 Å². The van der Waals surface area contributed by atoms with Crippen molar-refractivity contribution in [2.75, 3.05) is 31.1 Å². The number of anilines is 1. The van der Waals surface area contributed by atoms with Crippen molar-refractivity contribution in [3.63, 3.8) is 0 Å². The molecule has 29 heavy (non-hydrogen) atoms. The monoisotopic (exact) mass is 394 g/mol. The number of fused-ring (bicyclic) bond motifs is 1. The largest absolute Gasteiger partial charge is 0.355 e. The van der Waals surface area contributed by atoms with E-state index in [1.54, 1.807) is 17.8 Å². The second kappa shape index (κ2) is 7.55. The van der Waals surface area contributed by atoms with Crippen molar-refractivity contribution in [3.8, 4) is 0 Å². The number of piperidine rings is 1. The average molecular weight is 394 g/mol. The number of nitrogens with zero attached hydrogens (tertiary/aromatic N) is 8. The van der Waals surface area contributed by atoms with Crippen LogP contribution in [0.5, 0.6) is 0 Å². The number of hydrogen-bond acceptors (Lipinski definition) is 7. The van der Waals surface area contributed by atoms with Crippen molar-refractivity contribution in [3.05, 3.63) is 46.4 Å². The highest BCUT2D eigenvalue weighted by atomic mass is 16.1. The van der Waals surface area contributed by atoms with Crippen molar-refractivity contribution in [1.82, 2.24) is 34.3 Å². The topological polar surface area (TPSA) is 84.5 Å². The van der Waals surface area contributed by atoms with Gasteiger partial charge < -0.3 is 9.47 Å². The first-order valence-corrected chi connectivity index (χ1v) is 10.4. The van der Waals surface area contributed by atoms with E-state index in [1.165, 1.54) is 19.0 Å². The Morgan fingerprint density at radius 1 is 1.03 bits per heavy atom. The van der Waals surface area contributed by atoms with E-state index in [2.05, 4.69) is 31.0 Å². The molecule has 0 radical (unpaired) electrons. The van der Waals surface area contributed by atoms with Crippen LogP contribution in [-0.2, 0) is 13.6 Å². The summed E-state index contributed by atoms with van der Waals surface area (Å²) in [5, 5.41) is 13.7. The normalized spacial score (nSPS) is 18.7. The Balaban J connectivity index is 1.30. The smallest absolute Gasteiger partial charge is 0.268 e. The van der Waals surface area contributed by atoms with E-state index in [9.17, 15) is 4.79 Å². The van der Waals surface area contributed by atoms with Crippen LogP contribution in [0.4, 0.5) is 5.82 Å². The Morgan fingerprint density at radius 2 is 1.83 bits per heavy atom. The third-order valence-electron chi connectivity index (χ3n) is 6.21. The molecule has 3 aromatic heterocycles. The first-order valence-electron chi connectivity index (χ1n) is 10.4. The van der Waals surface area contributed by atoms with Crippen LogP contribution in [0.2, 0.25) is 0 Å². The summed E-state index contributed by atoms with van der Waals surface area (Å²) >= 11 is 0. The summed E-state index contributed by atoms with van der Waals surface area (Å²) in [7, 11) is 1.80. The molecule has 9 heteroatoms. The fourth-order valence-electron chi connectivity index (χ4n) is 4.39. The molecule has 2 fully saturated rings. The minimum absolute atomic E-state index is 0.0628. The van der Waals surface area contributed by atoms with Crippen molar-refractivity contribution in [2.45, 2.75) is 38.1 Å². The highest BCUT2D eigenvalue weighted by Crippen LogP contribution is 2.28. The predicted octanol–water partition coefficient (Wildman–Crippen LogP) is 1.20. The predicted molar refractivity (Wildman–Crippen MR) is 109 cm³/mol. The Morgan fingerprint density at radius 3 is 2.62 bits per heavy atom. The van der Waals surface area contributed by atoms with E-state index in [4.69, 9.17) is 5.10 Å². The fraction of sp³-hybridized carbons (Fsp3) is 0.550. The van der Waals surface area contributed by atoms with Gasteiger partial charge in [0.2, 0.25) is 0 Å². The maximum Gasteiger partial charge on any atom is 0.268 e. The van der Waals surface area contributed by atoms with Gasteiger partial charge in [0.05, 0.1) is 11.9 Å². The second-order valence-electron chi connectivity index (χ2n) is 8.06. The zero-order chi connectivity index (χ0) is 19.8. The van der Waals surface area contributed by atoms with Gasteiger partial charge in [0, 0.05) is 38.8 Å². The summed E-state index contributed by atoms with van der Waals surface area (Å²) < 4.78 is 3.62. The van der Waals surface area contributed by atoms with E-state index >= 15 is 0 Å². The van der Waals surface area contributed by atoms with Crippen LogP contribution in [0.3, 0.4) is 0 Å². The van der Waals surface area contributed by atoms with Gasteiger partial charge in [-0.3, -0.25) is 14.7 Å². The molecule has 2 aliphatic rings. The van der Waals surface area contributed by atoms with Crippen molar-refractivity contribution in [1.29, 1.82) is 0 Å². The number of aromatic nitrogens is 6. The summed E-state index contributed by atoms with van der Waals surface area (Å²) in [6.45, 7) is 4.80. The van der Waals surface area contributed by atoms with E-state index in [0.29, 0.717) is 5.92 Å². The molecule has 2 aliphatic heterocycles. The molecule has 0 spiro atoms. The maximum absolute atomic E-state index is 11.8. The summed E-state index contributed by atoms with van der Waals surface area (Å²) in [5.41, 5.74) is 1.70. The minimum atomic E-state index is -0.0628. The molecule has 5 heterocycles. The average Bonchev–Trinajstić information content (AvgIpc) is 3.42. The van der Waals surface area contributed by atoms with Gasteiger partial charge in [-0.05, 0) is 50.9 Å². The summed E-state index contributed by atoms with van der Waals surface area (Å²) in [6, 6.07) is 4.08. The maximum atomic E-state index is 11.8. The molecule has 0 aliphatic carbocycles. The van der Waals surface area contributed by atoms with Gasteiger partial charge in [0.15, 0.2) is 11.5 Å². The van der Waals surface area contributed by atoms with Gasteiger partial charge in [-0.15, -0.1) is 15.3 Å². The Kier molecular flexibility index (Phi) is 4.75. The molecular weight excluding hydrogens is 368 g/mol. The number of rotatable bonds is 4. The summed E-state index contributed by atoms with van der Waals surface area (Å²) in [6.07, 6.45) is 7.61. The lowest BCUT2D eigenvalue weighted by Crippen LogP contribution is -2.35. The molecule has 5 rings (SSSR count). The third-order valence-corrected chi connectivity index (χ3v) is 6.21. The molecule has 0 aromatic carbocycles. The summed E-state index contributed by atoms with van der Waals surface area (Å²) in [4.78, 5) is 20.5. The molecule has 152 valence electrons. The quantitative estimate of drug-likeness (QED) is 0.657. The lowest BCUT2D eigenvalue weighted by molar-refractivity contribution is 0.196. The SMILES string of the molecule is Cn1c(CN2CCC(c3nnc4ccc(N5CCCC5)nn34)CC2)cncc1=O. The van der Waals surface area contributed by atoms with Crippen LogP contribution >= 0.6 is 0 Å². The molecule has 0 unspecified atom stereocenters. The van der Waals surface area contributed by atoms with Crippen LogP contribution in [-0.4, -0.2) is 60.4 Å². The van der Waals surface area contributed by atoms with Crippen LogP contribution in [0.15, 0.2) is 29.3 Å². The van der Waals surface area contributed by atoms with Crippen LogP contribution < -0.4 is 10.5 Å². The van der Waals surface area contributed by atoms with Crippen LogP contribution in [0.1, 0.15) is 43.1 Å². The zero-order valence-electron chi connectivity index (χ0n) is 16.7. The Hall–Kier alpha value is -2.81. The van der Waals surface area contributed by atoms with Gasteiger partial charge >= 0.3 is 0 Å². The highest BCUT2D eigenvalue weighted by Gasteiger charge is 2.26. The molecule has 0 amide bonds. The lowest BCUT2D eigenvalue weighted by Gasteiger charge is -2.31. The van der Waals surface area contributed by atoms with Crippen molar-refractivity contribution < 1.29 is 0 Å². The van der Waals surface area contributed by atoms with E-state index in [-0.39, 0.29) is 5.56 Å². The molecule has 3 aromatic rings. The summed E-state index contributed by atoms with van der Waals surface area (Å²) in [5.74, 6) is 2.33. The van der Waals surface area contributed by atoms with E-state index in [1.807, 2.05) is 10.6 Å². The van der Waals surface area contributed by atoms with E-state index in [0.717, 1.165) is 68.5 Å². The highest BCUT2D eigenvalue weighted by molar-refractivity contribution is 5.46. The molecule has 0 atom stereocenters. The minimum Gasteiger partial charge on any atom is -0.355 e. The molecule has 0 saturated carbocycles. The van der Waals surface area contributed by atoms with Gasteiger partial charge in [-0.2, -0.15) is 4.52 Å². The fourth-order valence-corrected chi connectivity index (χ4v) is 4.39. The zero-order valence-corrected chi connectivity index (χ0v) is 16.7. The standard InChI is InChI=1S/C20H26N8O/c1-25-16(12-21-13-19(25)29)14-26-10-6-15(7-11-26)20-23-22-17-4-5-18(24-28(17)20)27-8-2-3-9-27/h4-5,12-13,15H,2-3,6-11,14H2,1H3. The first-order chi connectivity index (χ1) is 14.2. The van der Waals surface area contributed by atoms with Crippen LogP contribution in [0, 0.1) is 0 Å². The second-order valence-corrected chi connectivity index (χ2v) is 8.06. The van der Waals surface area contributed by atoms with Gasteiger partial charge in [0.1, 0.15) is 5.82 Å². The number of hydrogen-bond donors (Lipinski definition) is 0. The third kappa shape index (κ3) is 3.50. The molecule has 0 bridgehead atoms. The molecule has 9 nitrogen and oxygen atoms in total. The lowest BCUT2D eigenvalue weighted by atomic mass is 9.96. The van der Waals surface area contributed by atoms with E-state index < -0.39 is 0 Å². The Bertz CT molecular complexity index is 1060. The van der Waals surface area contributed by atoms with Crippen LogP contribution in [0.25, 0.3) is 5.65 Å². The number of likely N-dealkylation sites (tertiary alicyclic amines) is 1. The molecule has 0 N–H and O–H groups in total. The molecule has 2 saturated heterocycles. The molecular formula is C20H26N8O. The van der Waals surface area contributed by atoms with Crippen molar-refractivity contribution in [2.24, 2.45) is 7.05 Å². The van der Waals surface area contributed by atoms with Crippen molar-refractivity contribution >= 4 is 11.5 Å². The van der Waals surface area contributed by atoms with Gasteiger partial charge in [-0.25, -0.2) is 0 Å².